The van der Waals surface area contributed by atoms with E-state index in [1.807, 2.05) is 127 Å². The zero-order valence-corrected chi connectivity index (χ0v) is 80.3. The highest BCUT2D eigenvalue weighted by Crippen LogP contribution is 2.34. The number of amides is 3. The van der Waals surface area contributed by atoms with Crippen LogP contribution in [-0.2, 0) is 39.3 Å². The van der Waals surface area contributed by atoms with Crippen LogP contribution in [0, 0.1) is 0 Å². The lowest BCUT2D eigenvalue weighted by molar-refractivity contribution is -0.356. The molecule has 0 spiro atoms. The predicted octanol–water partition coefficient (Wildman–Crippen LogP) is 13.9. The van der Waals surface area contributed by atoms with Gasteiger partial charge in [0.2, 0.25) is 29.6 Å². The molecule has 10 aromatic rings. The molecule has 3 amide bonds. The first-order valence-electron chi connectivity index (χ1n) is 43.8. The van der Waals surface area contributed by atoms with Crippen LogP contribution in [0.3, 0.4) is 0 Å². The second-order valence-electron chi connectivity index (χ2n) is 29.8. The summed E-state index contributed by atoms with van der Waals surface area (Å²) in [6.45, 7) is 21.3. The van der Waals surface area contributed by atoms with E-state index in [0.717, 1.165) is 206 Å². The predicted molar refractivity (Wildman–Crippen MR) is 542 cm³/mol. The number of nitrogens with one attached hydrogen (secondary N) is 3. The Balaban J connectivity index is 0.000000254. The van der Waals surface area contributed by atoms with E-state index in [-0.39, 0.29) is 44.8 Å². The summed E-state index contributed by atoms with van der Waals surface area (Å²) in [4.78, 5) is 103. The van der Waals surface area contributed by atoms with Gasteiger partial charge in [-0.1, -0.05) is 68.1 Å². The molecule has 33 nitrogen and oxygen atoms in total. The largest absolute Gasteiger partial charge is 0.396 e. The van der Waals surface area contributed by atoms with Crippen LogP contribution in [0.2, 0.25) is 0 Å². The highest BCUT2D eigenvalue weighted by molar-refractivity contribution is 8.00. The zero-order valence-electron chi connectivity index (χ0n) is 76.2. The number of benzene rings is 8. The van der Waals surface area contributed by atoms with Gasteiger partial charge in [-0.05, 0) is 235 Å². The van der Waals surface area contributed by atoms with Gasteiger partial charge in [0, 0.05) is 157 Å². The molecule has 0 unspecified atom stereocenters. The third-order valence-corrected chi connectivity index (χ3v) is 25.2. The maximum Gasteiger partial charge on any atom is 0.248 e. The van der Waals surface area contributed by atoms with Crippen LogP contribution >= 0.6 is 58.8 Å². The second kappa shape index (κ2) is 66.8. The molecule has 6 heterocycles. The van der Waals surface area contributed by atoms with Crippen LogP contribution < -0.4 is 44.9 Å². The SMILES string of the molecule is C.CC(=O)c1ccc(SCCCN2CCOCC2)cc1.CC(=O)c1ccc(SCCCO)cc1.CC1(c2ccc(SCCC=O)cc2)OCCO1.NC(=O)c1ccc(N=C(N)N)cc1.NC(=O)c1ccc(Nc2nccc(-c3ccc(SCCCN4CCOCC4)cc3)n2)cc1.NC(=O)c1ccc(Nc2nccc(-c3ccc(SCCCN4CCOCC4)cc3)n2)cc1.OCCO.ONOO. The quantitative estimate of drug-likeness (QED) is 0.00250. The van der Waals surface area contributed by atoms with Gasteiger partial charge in [-0.2, -0.15) is 0 Å². The summed E-state index contributed by atoms with van der Waals surface area (Å²) in [6, 6.07) is 64.5. The summed E-state index contributed by atoms with van der Waals surface area (Å²) in [5.74, 6) is 4.29. The molecule has 8 aromatic carbocycles. The number of guanidine groups is 1. The number of aliphatic hydroxyl groups is 3. The van der Waals surface area contributed by atoms with Crippen molar-refractivity contribution >= 4 is 129 Å². The van der Waals surface area contributed by atoms with Crippen molar-refractivity contribution in [1.29, 1.82) is 0 Å². The fourth-order valence-corrected chi connectivity index (χ4v) is 16.8. The number of hydrogen-bond donors (Lipinski definition) is 13. The number of aromatic nitrogens is 4. The summed E-state index contributed by atoms with van der Waals surface area (Å²) >= 11 is 9.01. The molecule has 136 heavy (non-hydrogen) atoms. The first-order chi connectivity index (χ1) is 65.5. The van der Waals surface area contributed by atoms with Crippen molar-refractivity contribution in [3.8, 4) is 22.5 Å². The molecule has 0 aliphatic carbocycles. The van der Waals surface area contributed by atoms with Gasteiger partial charge in [0.05, 0.1) is 83.1 Å². The number of ketones is 2. The number of Topliss-reactive ketones (excluding diaryl/α,β-unsaturated/α-hetero) is 2. The number of anilines is 4. The average molecular weight is 1960 g/mol. The van der Waals surface area contributed by atoms with E-state index < -0.39 is 23.5 Å². The first kappa shape index (κ1) is 114. The maximum absolute atomic E-state index is 11.2. The molecular weight excluding hydrogens is 1830 g/mol. The van der Waals surface area contributed by atoms with Crippen molar-refractivity contribution in [1.82, 2.24) is 40.3 Å². The van der Waals surface area contributed by atoms with Crippen LogP contribution in [-0.4, -0.2) is 262 Å². The molecule has 0 bridgehead atoms. The average Bonchev–Trinajstić information content (AvgIpc) is 1.59. The van der Waals surface area contributed by atoms with Crippen molar-refractivity contribution in [3.05, 3.63) is 252 Å². The van der Waals surface area contributed by atoms with Crippen LogP contribution in [0.4, 0.5) is 29.0 Å². The van der Waals surface area contributed by atoms with Gasteiger partial charge in [-0.25, -0.2) is 30.2 Å². The van der Waals surface area contributed by atoms with E-state index in [4.69, 9.17) is 78.1 Å². The molecule has 2 aromatic heterocycles. The van der Waals surface area contributed by atoms with E-state index in [1.54, 1.807) is 123 Å². The number of hydrogen-bond acceptors (Lipinski definition) is 33. The zero-order chi connectivity index (χ0) is 97.1. The van der Waals surface area contributed by atoms with Crippen molar-refractivity contribution in [2.24, 2.45) is 33.7 Å². The molecule has 0 atom stereocenters. The molecular formula is C98H128N16O17S5. The number of aliphatic hydroxyl groups excluding tert-OH is 3. The number of aldehydes is 1. The van der Waals surface area contributed by atoms with E-state index in [2.05, 4.69) is 104 Å². The van der Waals surface area contributed by atoms with Gasteiger partial charge < -0.3 is 83.1 Å². The van der Waals surface area contributed by atoms with Gasteiger partial charge in [0.25, 0.3) is 0 Å². The van der Waals surface area contributed by atoms with E-state index in [9.17, 15) is 28.8 Å². The van der Waals surface area contributed by atoms with Gasteiger partial charge in [0.1, 0.15) is 6.29 Å². The number of carbonyl (C=O) groups is 6. The van der Waals surface area contributed by atoms with E-state index in [0.29, 0.717) is 53.9 Å². The molecule has 14 rings (SSSR count). The Kier molecular flexibility index (Phi) is 56.0. The molecule has 4 saturated heterocycles. The Morgan fingerprint density at radius 2 is 0.743 bits per heavy atom. The van der Waals surface area contributed by atoms with Gasteiger partial charge in [-0.3, -0.25) is 43.9 Å². The summed E-state index contributed by atoms with van der Waals surface area (Å²) in [7, 11) is 0. The topological polar surface area (TPSA) is 499 Å². The fourth-order valence-electron chi connectivity index (χ4n) is 12.6. The van der Waals surface area contributed by atoms with Crippen LogP contribution in [0.1, 0.15) is 118 Å². The Morgan fingerprint density at radius 1 is 0.434 bits per heavy atom. The van der Waals surface area contributed by atoms with Crippen LogP contribution in [0.15, 0.2) is 248 Å². The lowest BCUT2D eigenvalue weighted by Crippen LogP contribution is -2.36. The Labute approximate surface area is 817 Å². The molecule has 4 fully saturated rings. The Bertz CT molecular complexity index is 4910. The third kappa shape index (κ3) is 45.6. The molecule has 4 aliphatic heterocycles. The fraction of sp³-hybridized carbons (Fsp3) is 0.357. The molecule has 18 N–H and O–H groups in total. The van der Waals surface area contributed by atoms with E-state index in [1.165, 1.54) is 33.9 Å². The summed E-state index contributed by atoms with van der Waals surface area (Å²) in [5, 5.41) is 44.3. The number of thioether (sulfide) groups is 5. The Morgan fingerprint density at radius 3 is 1.04 bits per heavy atom. The number of nitrogens with zero attached hydrogens (tertiary/aromatic N) is 8. The summed E-state index contributed by atoms with van der Waals surface area (Å²) in [5.41, 5.74) is 36.8. The Hall–Kier alpha value is -10.6. The highest BCUT2D eigenvalue weighted by Gasteiger charge is 2.33. The lowest BCUT2D eigenvalue weighted by Gasteiger charge is -2.26. The number of rotatable bonds is 38. The molecule has 0 saturated carbocycles. The number of morpholine rings is 3. The van der Waals surface area contributed by atoms with Crippen molar-refractivity contribution in [2.45, 2.75) is 90.6 Å². The highest BCUT2D eigenvalue weighted by atomic mass is 32.2. The monoisotopic (exact) mass is 1960 g/mol. The van der Waals surface area contributed by atoms with Crippen molar-refractivity contribution < 1.29 is 83.2 Å². The van der Waals surface area contributed by atoms with Gasteiger partial charge >= 0.3 is 0 Å². The number of aliphatic imine (C=N–C) groups is 1. The lowest BCUT2D eigenvalue weighted by atomic mass is 10.1. The standard InChI is InChI=1S/2C24H27N5O2S.C15H21NO2S.C13H16O3S.C11H14O2S.C8H10N4O.C2H6O2.CH4.H3NO3/c2*25-23(30)19-2-6-20(7-3-19)27-24-26-11-10-22(28-24)18-4-8-21(9-5-18)32-17-1-12-29-13-15-31-16-14-29;1-13(17)14-3-5-15(6-4-14)19-12-2-7-16-8-10-18-11-9-16;1-13(15-8-9-16-13)11-3-5-12(6-4-11)17-10-2-7-14;1-9(13)10-3-5-11(6-4-10)14-8-2-7-12;9-7(13)5-1-3-6(4-2-5)12-8(10)11;3-1-2-4;;2-1-4-3/h2*2-11H,1,12-17H2,(H2,25,30)(H,26,27,28);3-6H,2,7-12H2,1H3;3-7H,2,8-10H2,1H3;3-6,12H,2,7-8H2,1H3;1-4H,(H2,9,13)(H4,10,11,12);3-4H,1-2H2;1H4;1-3H. The van der Waals surface area contributed by atoms with Crippen molar-refractivity contribution in [3.63, 3.8) is 0 Å². The van der Waals surface area contributed by atoms with Crippen LogP contribution in [0.5, 0.6) is 0 Å². The number of carbonyl (C=O) groups excluding carboxylic acids is 6. The third-order valence-electron chi connectivity index (χ3n) is 19.8. The minimum atomic E-state index is -0.591. The number of nitrogens with two attached hydrogens (primary N) is 5. The molecule has 38 heteroatoms. The molecule has 732 valence electrons. The van der Waals surface area contributed by atoms with Gasteiger partial charge in [-0.15, -0.1) is 63.8 Å². The molecule has 4 aliphatic rings. The van der Waals surface area contributed by atoms with Crippen LogP contribution in [0.25, 0.3) is 22.5 Å². The number of primary amides is 3. The van der Waals surface area contributed by atoms with Gasteiger partial charge in [0.15, 0.2) is 23.3 Å². The van der Waals surface area contributed by atoms with E-state index >= 15 is 0 Å². The number of ether oxygens (including phenoxy) is 5. The van der Waals surface area contributed by atoms with Crippen molar-refractivity contribution in [2.75, 3.05) is 171 Å². The maximum atomic E-state index is 11.2. The minimum Gasteiger partial charge on any atom is -0.396 e. The summed E-state index contributed by atoms with van der Waals surface area (Å²) in [6.07, 6.45) is 9.35. The minimum absolute atomic E-state index is 0. The second-order valence-corrected chi connectivity index (χ2v) is 35.7. The summed E-state index contributed by atoms with van der Waals surface area (Å²) < 4.78 is 27.3. The normalized spacial score (nSPS) is 13.6. The molecule has 0 radical (unpaired) electrons. The first-order valence-corrected chi connectivity index (χ1v) is 48.7. The smallest absolute Gasteiger partial charge is 0.248 e.